The summed E-state index contributed by atoms with van der Waals surface area (Å²) in [5.41, 5.74) is 6.26. The normalized spacial score (nSPS) is 15.9. The van der Waals surface area contributed by atoms with Gasteiger partial charge in [-0.15, -0.1) is 11.3 Å². The maximum Gasteiger partial charge on any atom is 0.0931 e. The lowest BCUT2D eigenvalue weighted by Crippen LogP contribution is -2.46. The van der Waals surface area contributed by atoms with Crippen molar-refractivity contribution in [2.24, 2.45) is 11.7 Å². The van der Waals surface area contributed by atoms with E-state index in [1.807, 2.05) is 6.07 Å². The van der Waals surface area contributed by atoms with E-state index in [0.717, 1.165) is 17.2 Å². The van der Waals surface area contributed by atoms with Crippen LogP contribution in [0.5, 0.6) is 0 Å². The molecule has 3 heteroatoms. The van der Waals surface area contributed by atoms with Crippen LogP contribution in [0, 0.1) is 5.92 Å². The number of thiophene rings is 1. The summed E-state index contributed by atoms with van der Waals surface area (Å²) in [6.07, 6.45) is 1.93. The van der Waals surface area contributed by atoms with E-state index in [9.17, 15) is 0 Å². The van der Waals surface area contributed by atoms with Crippen molar-refractivity contribution in [1.82, 2.24) is 0 Å². The van der Waals surface area contributed by atoms with Crippen molar-refractivity contribution in [2.45, 2.75) is 39.2 Å². The van der Waals surface area contributed by atoms with Gasteiger partial charge in [-0.2, -0.15) is 0 Å². The van der Waals surface area contributed by atoms with Crippen molar-refractivity contribution in [3.05, 3.63) is 21.3 Å². The van der Waals surface area contributed by atoms with Gasteiger partial charge < -0.3 is 5.73 Å². The molecular formula is C11H18ClNS. The molecule has 0 saturated carbocycles. The van der Waals surface area contributed by atoms with Crippen molar-refractivity contribution in [3.63, 3.8) is 0 Å². The number of rotatable bonds is 4. The summed E-state index contributed by atoms with van der Waals surface area (Å²) < 4.78 is 0.849. The molecule has 1 nitrogen and oxygen atoms in total. The Kier molecular flexibility index (Phi) is 3.99. The summed E-state index contributed by atoms with van der Waals surface area (Å²) in [5, 5.41) is 0. The van der Waals surface area contributed by atoms with Crippen LogP contribution in [0.15, 0.2) is 12.1 Å². The quantitative estimate of drug-likeness (QED) is 0.840. The lowest BCUT2D eigenvalue weighted by molar-refractivity contribution is 0.298. The zero-order valence-electron chi connectivity index (χ0n) is 9.01. The highest BCUT2D eigenvalue weighted by Crippen LogP contribution is 2.28. The summed E-state index contributed by atoms with van der Waals surface area (Å²) in [6, 6.07) is 4.02. The minimum Gasteiger partial charge on any atom is -0.325 e. The van der Waals surface area contributed by atoms with Gasteiger partial charge >= 0.3 is 0 Å². The highest BCUT2D eigenvalue weighted by molar-refractivity contribution is 7.16. The summed E-state index contributed by atoms with van der Waals surface area (Å²) in [5.74, 6) is 0.494. The van der Waals surface area contributed by atoms with Crippen LogP contribution < -0.4 is 5.73 Å². The lowest BCUT2D eigenvalue weighted by Gasteiger charge is -2.32. The molecule has 0 spiro atoms. The topological polar surface area (TPSA) is 26.0 Å². The van der Waals surface area contributed by atoms with Gasteiger partial charge in [-0.3, -0.25) is 0 Å². The number of halogens is 1. The first kappa shape index (κ1) is 12.0. The molecular weight excluding hydrogens is 214 g/mol. The zero-order valence-corrected chi connectivity index (χ0v) is 10.6. The predicted octanol–water partition coefficient (Wildman–Crippen LogP) is 3.71. The Labute approximate surface area is 95.3 Å². The number of hydrogen-bond donors (Lipinski definition) is 1. The largest absolute Gasteiger partial charge is 0.325 e. The van der Waals surface area contributed by atoms with Crippen molar-refractivity contribution in [1.29, 1.82) is 0 Å². The van der Waals surface area contributed by atoms with Crippen LogP contribution in [-0.4, -0.2) is 5.54 Å². The van der Waals surface area contributed by atoms with Gasteiger partial charge in [-0.25, -0.2) is 0 Å². The molecule has 1 unspecified atom stereocenters. The molecule has 0 bridgehead atoms. The maximum atomic E-state index is 6.34. The van der Waals surface area contributed by atoms with Crippen molar-refractivity contribution in [3.8, 4) is 0 Å². The first-order chi connectivity index (χ1) is 6.48. The highest BCUT2D eigenvalue weighted by Gasteiger charge is 2.27. The molecule has 1 atom stereocenters. The van der Waals surface area contributed by atoms with Crippen LogP contribution >= 0.6 is 22.9 Å². The third kappa shape index (κ3) is 2.72. The third-order valence-electron chi connectivity index (χ3n) is 2.94. The Bertz CT molecular complexity index is 295. The van der Waals surface area contributed by atoms with Crippen molar-refractivity contribution in [2.75, 3.05) is 0 Å². The van der Waals surface area contributed by atoms with E-state index in [4.69, 9.17) is 17.3 Å². The Morgan fingerprint density at radius 1 is 1.50 bits per heavy atom. The molecule has 0 aromatic carbocycles. The van der Waals surface area contributed by atoms with Crippen LogP contribution in [0.2, 0.25) is 4.34 Å². The molecule has 0 amide bonds. The first-order valence-electron chi connectivity index (χ1n) is 5.01. The Hall–Kier alpha value is -0.0500. The van der Waals surface area contributed by atoms with E-state index < -0.39 is 0 Å². The van der Waals surface area contributed by atoms with Gasteiger partial charge in [0, 0.05) is 16.8 Å². The van der Waals surface area contributed by atoms with Crippen LogP contribution in [0.3, 0.4) is 0 Å². The van der Waals surface area contributed by atoms with E-state index in [0.29, 0.717) is 5.92 Å². The monoisotopic (exact) mass is 231 g/mol. The van der Waals surface area contributed by atoms with Gasteiger partial charge in [0.15, 0.2) is 0 Å². The Morgan fingerprint density at radius 2 is 2.14 bits per heavy atom. The van der Waals surface area contributed by atoms with Crippen LogP contribution in [0.25, 0.3) is 0 Å². The fourth-order valence-corrected chi connectivity index (χ4v) is 2.73. The standard InChI is InChI=1S/C11H18ClNS/c1-4-11(13,8(2)3)7-9-5-6-10(12)14-9/h5-6,8H,4,7,13H2,1-3H3. The van der Waals surface area contributed by atoms with Gasteiger partial charge in [0.2, 0.25) is 0 Å². The molecule has 80 valence electrons. The summed E-state index contributed by atoms with van der Waals surface area (Å²) in [6.45, 7) is 6.51. The SMILES string of the molecule is CCC(N)(Cc1ccc(Cl)s1)C(C)C. The minimum absolute atomic E-state index is 0.0891. The fourth-order valence-electron chi connectivity index (χ4n) is 1.51. The summed E-state index contributed by atoms with van der Waals surface area (Å²) in [4.78, 5) is 1.29. The van der Waals surface area contributed by atoms with Gasteiger partial charge in [-0.1, -0.05) is 32.4 Å². The maximum absolute atomic E-state index is 6.34. The Morgan fingerprint density at radius 3 is 2.50 bits per heavy atom. The molecule has 0 aliphatic heterocycles. The molecule has 2 N–H and O–H groups in total. The van der Waals surface area contributed by atoms with Gasteiger partial charge in [-0.05, 0) is 24.5 Å². The van der Waals surface area contributed by atoms with E-state index in [-0.39, 0.29) is 5.54 Å². The molecule has 1 aromatic rings. The van der Waals surface area contributed by atoms with Crippen LogP contribution in [-0.2, 0) is 6.42 Å². The average molecular weight is 232 g/mol. The molecule has 1 rings (SSSR count). The second-order valence-electron chi connectivity index (χ2n) is 4.12. The molecule has 14 heavy (non-hydrogen) atoms. The summed E-state index contributed by atoms with van der Waals surface area (Å²) >= 11 is 7.52. The molecule has 0 fully saturated rings. The number of nitrogens with two attached hydrogens (primary N) is 1. The minimum atomic E-state index is -0.0891. The van der Waals surface area contributed by atoms with Crippen LogP contribution in [0.1, 0.15) is 32.1 Å². The molecule has 0 aliphatic carbocycles. The average Bonchev–Trinajstić information content (AvgIpc) is 2.50. The summed E-state index contributed by atoms with van der Waals surface area (Å²) in [7, 11) is 0. The molecule has 0 radical (unpaired) electrons. The van der Waals surface area contributed by atoms with Gasteiger partial charge in [0.25, 0.3) is 0 Å². The van der Waals surface area contributed by atoms with Crippen molar-refractivity contribution >= 4 is 22.9 Å². The molecule has 1 aromatic heterocycles. The molecule has 0 aliphatic rings. The van der Waals surface area contributed by atoms with E-state index >= 15 is 0 Å². The smallest absolute Gasteiger partial charge is 0.0931 e. The van der Waals surface area contributed by atoms with Crippen molar-refractivity contribution < 1.29 is 0 Å². The lowest BCUT2D eigenvalue weighted by atomic mass is 9.81. The Balaban J connectivity index is 2.75. The van der Waals surface area contributed by atoms with Crippen LogP contribution in [0.4, 0.5) is 0 Å². The second-order valence-corrected chi connectivity index (χ2v) is 5.92. The van der Waals surface area contributed by atoms with E-state index in [1.165, 1.54) is 4.88 Å². The number of hydrogen-bond acceptors (Lipinski definition) is 2. The van der Waals surface area contributed by atoms with Gasteiger partial charge in [0.1, 0.15) is 0 Å². The second kappa shape index (κ2) is 4.65. The molecule has 1 heterocycles. The molecule has 0 saturated heterocycles. The third-order valence-corrected chi connectivity index (χ3v) is 4.17. The fraction of sp³-hybridized carbons (Fsp3) is 0.636. The predicted molar refractivity (Wildman–Crippen MR) is 65.1 cm³/mol. The van der Waals surface area contributed by atoms with Gasteiger partial charge in [0.05, 0.1) is 4.34 Å². The zero-order chi connectivity index (χ0) is 10.8. The highest BCUT2D eigenvalue weighted by atomic mass is 35.5. The first-order valence-corrected chi connectivity index (χ1v) is 6.20. The van der Waals surface area contributed by atoms with E-state index in [2.05, 4.69) is 26.8 Å². The van der Waals surface area contributed by atoms with E-state index in [1.54, 1.807) is 11.3 Å².